The summed E-state index contributed by atoms with van der Waals surface area (Å²) < 4.78 is 34.2. The van der Waals surface area contributed by atoms with Gasteiger partial charge in [0.15, 0.2) is 6.10 Å². The van der Waals surface area contributed by atoms with Crippen molar-refractivity contribution in [3.05, 3.63) is 52.5 Å². The van der Waals surface area contributed by atoms with Crippen molar-refractivity contribution in [2.45, 2.75) is 43.6 Å². The lowest BCUT2D eigenvalue weighted by molar-refractivity contribution is -0.124. The fourth-order valence-corrected chi connectivity index (χ4v) is 5.84. The molecule has 1 unspecified atom stereocenters. The average molecular weight is 493 g/mol. The number of fused-ring (bicyclic) bond motifs is 1. The Hall–Kier alpha value is -1.90. The van der Waals surface area contributed by atoms with E-state index in [4.69, 9.17) is 4.74 Å². The Morgan fingerprint density at radius 2 is 1.73 bits per heavy atom. The molecule has 1 saturated heterocycles. The van der Waals surface area contributed by atoms with Gasteiger partial charge in [-0.05, 0) is 74.2 Å². The van der Waals surface area contributed by atoms with Gasteiger partial charge >= 0.3 is 0 Å². The monoisotopic (exact) mass is 492 g/mol. The lowest BCUT2D eigenvalue weighted by Gasteiger charge is -2.26. The van der Waals surface area contributed by atoms with Crippen molar-refractivity contribution >= 4 is 37.5 Å². The molecule has 2 aliphatic rings. The number of anilines is 1. The van der Waals surface area contributed by atoms with Crippen LogP contribution in [-0.2, 0) is 21.2 Å². The molecule has 1 amide bonds. The van der Waals surface area contributed by atoms with Gasteiger partial charge in [0.1, 0.15) is 5.75 Å². The molecule has 8 heteroatoms. The van der Waals surface area contributed by atoms with E-state index in [0.29, 0.717) is 36.7 Å². The first-order chi connectivity index (χ1) is 14.4. The standard InChI is InChI=1S/C22H25BrN2O4S/c1-16(29-19-7-5-18(23)6-8-19)22(26)25-14-11-17-15-20(9-10-21(17)25)30(27,28)24-12-3-2-4-13-24/h5-10,15-16H,2-4,11-14H2,1H3. The van der Waals surface area contributed by atoms with Gasteiger partial charge < -0.3 is 9.64 Å². The third-order valence-corrected chi connectivity index (χ3v) is 8.06. The summed E-state index contributed by atoms with van der Waals surface area (Å²) in [6.45, 7) is 3.41. The van der Waals surface area contributed by atoms with Crippen molar-refractivity contribution in [3.63, 3.8) is 0 Å². The predicted octanol–water partition coefficient (Wildman–Crippen LogP) is 3.98. The van der Waals surface area contributed by atoms with E-state index in [9.17, 15) is 13.2 Å². The van der Waals surface area contributed by atoms with Gasteiger partial charge in [0, 0.05) is 29.8 Å². The number of carbonyl (C=O) groups is 1. The minimum Gasteiger partial charge on any atom is -0.481 e. The summed E-state index contributed by atoms with van der Waals surface area (Å²) in [5, 5.41) is 0. The van der Waals surface area contributed by atoms with Gasteiger partial charge in [-0.15, -0.1) is 0 Å². The Morgan fingerprint density at radius 1 is 1.03 bits per heavy atom. The highest BCUT2D eigenvalue weighted by Gasteiger charge is 2.32. The van der Waals surface area contributed by atoms with Crippen LogP contribution in [0.5, 0.6) is 5.75 Å². The van der Waals surface area contributed by atoms with Gasteiger partial charge in [-0.25, -0.2) is 8.42 Å². The van der Waals surface area contributed by atoms with E-state index in [1.807, 2.05) is 24.3 Å². The van der Waals surface area contributed by atoms with E-state index in [1.54, 1.807) is 34.3 Å². The Balaban J connectivity index is 1.50. The summed E-state index contributed by atoms with van der Waals surface area (Å²) in [5.74, 6) is 0.491. The first kappa shape index (κ1) is 21.3. The number of amides is 1. The minimum absolute atomic E-state index is 0.136. The zero-order chi connectivity index (χ0) is 21.3. The van der Waals surface area contributed by atoms with Crippen molar-refractivity contribution < 1.29 is 17.9 Å². The van der Waals surface area contributed by atoms with Crippen molar-refractivity contribution in [1.82, 2.24) is 4.31 Å². The van der Waals surface area contributed by atoms with E-state index in [-0.39, 0.29) is 5.91 Å². The highest BCUT2D eigenvalue weighted by atomic mass is 79.9. The Bertz CT molecular complexity index is 1030. The Morgan fingerprint density at radius 3 is 2.43 bits per heavy atom. The summed E-state index contributed by atoms with van der Waals surface area (Å²) >= 11 is 3.38. The molecule has 0 saturated carbocycles. The minimum atomic E-state index is -3.48. The zero-order valence-corrected chi connectivity index (χ0v) is 19.3. The molecular formula is C22H25BrN2O4S. The number of benzene rings is 2. The molecule has 0 N–H and O–H groups in total. The van der Waals surface area contributed by atoms with Crippen LogP contribution in [0, 0.1) is 0 Å². The highest BCUT2D eigenvalue weighted by molar-refractivity contribution is 9.10. The van der Waals surface area contributed by atoms with Crippen molar-refractivity contribution in [2.75, 3.05) is 24.5 Å². The second-order valence-electron chi connectivity index (χ2n) is 7.71. The number of rotatable bonds is 5. The largest absolute Gasteiger partial charge is 0.481 e. The molecule has 1 atom stereocenters. The van der Waals surface area contributed by atoms with Crippen LogP contribution in [0.25, 0.3) is 0 Å². The highest BCUT2D eigenvalue weighted by Crippen LogP contribution is 2.32. The molecule has 160 valence electrons. The summed E-state index contributed by atoms with van der Waals surface area (Å²) in [6.07, 6.45) is 2.88. The van der Waals surface area contributed by atoms with Crippen LogP contribution in [0.15, 0.2) is 51.8 Å². The number of halogens is 1. The summed E-state index contributed by atoms with van der Waals surface area (Å²) in [4.78, 5) is 15.0. The Labute approximate surface area is 186 Å². The molecule has 2 aliphatic heterocycles. The second kappa shape index (κ2) is 8.69. The van der Waals surface area contributed by atoms with E-state index in [1.165, 1.54) is 0 Å². The van der Waals surface area contributed by atoms with Gasteiger partial charge in [-0.2, -0.15) is 4.31 Å². The van der Waals surface area contributed by atoms with Crippen molar-refractivity contribution in [1.29, 1.82) is 0 Å². The molecule has 0 aliphatic carbocycles. The molecular weight excluding hydrogens is 468 g/mol. The maximum Gasteiger partial charge on any atom is 0.267 e. The van der Waals surface area contributed by atoms with Gasteiger partial charge in [0.05, 0.1) is 4.90 Å². The number of piperidine rings is 1. The number of nitrogens with zero attached hydrogens (tertiary/aromatic N) is 2. The molecule has 4 rings (SSSR count). The molecule has 0 radical (unpaired) electrons. The normalized spacial score (nSPS) is 18.1. The Kier molecular flexibility index (Phi) is 6.18. The van der Waals surface area contributed by atoms with E-state index < -0.39 is 16.1 Å². The molecule has 2 aromatic rings. The SMILES string of the molecule is CC(Oc1ccc(Br)cc1)C(=O)N1CCc2cc(S(=O)(=O)N3CCCCC3)ccc21. The topological polar surface area (TPSA) is 66.9 Å². The first-order valence-corrected chi connectivity index (χ1v) is 12.5. The van der Waals surface area contributed by atoms with Crippen molar-refractivity contribution in [3.8, 4) is 5.75 Å². The maximum absolute atomic E-state index is 13.0. The first-order valence-electron chi connectivity index (χ1n) is 10.2. The maximum atomic E-state index is 13.0. The lowest BCUT2D eigenvalue weighted by Crippen LogP contribution is -2.39. The summed E-state index contributed by atoms with van der Waals surface area (Å²) in [5.41, 5.74) is 1.65. The third kappa shape index (κ3) is 4.26. The van der Waals surface area contributed by atoms with Crippen LogP contribution in [0.2, 0.25) is 0 Å². The van der Waals surface area contributed by atoms with Crippen molar-refractivity contribution in [2.24, 2.45) is 0 Å². The molecule has 6 nitrogen and oxygen atoms in total. The smallest absolute Gasteiger partial charge is 0.267 e. The van der Waals surface area contributed by atoms with Gasteiger partial charge in [-0.1, -0.05) is 22.4 Å². The number of carbonyl (C=O) groups excluding carboxylic acids is 1. The van der Waals surface area contributed by atoms with Crippen LogP contribution in [-0.4, -0.2) is 44.4 Å². The van der Waals surface area contributed by atoms with Crippen LogP contribution < -0.4 is 9.64 Å². The molecule has 2 aromatic carbocycles. The number of ether oxygens (including phenoxy) is 1. The fourth-order valence-electron chi connectivity index (χ4n) is 4.01. The zero-order valence-electron chi connectivity index (χ0n) is 16.9. The van der Waals surface area contributed by atoms with E-state index in [0.717, 1.165) is 35.0 Å². The molecule has 0 bridgehead atoms. The molecule has 2 heterocycles. The fraction of sp³-hybridized carbons (Fsp3) is 0.409. The quantitative estimate of drug-likeness (QED) is 0.632. The lowest BCUT2D eigenvalue weighted by atomic mass is 10.2. The van der Waals surface area contributed by atoms with E-state index in [2.05, 4.69) is 15.9 Å². The van der Waals surface area contributed by atoms with E-state index >= 15 is 0 Å². The number of sulfonamides is 1. The predicted molar refractivity (Wildman–Crippen MR) is 119 cm³/mol. The summed E-state index contributed by atoms with van der Waals surface area (Å²) in [7, 11) is -3.48. The van der Waals surface area contributed by atoms with Gasteiger partial charge in [-0.3, -0.25) is 4.79 Å². The average Bonchev–Trinajstić information content (AvgIpc) is 3.18. The van der Waals surface area contributed by atoms with Crippen LogP contribution in [0.3, 0.4) is 0 Å². The second-order valence-corrected chi connectivity index (χ2v) is 10.6. The van der Waals surface area contributed by atoms with Crippen LogP contribution >= 0.6 is 15.9 Å². The number of hydrogen-bond acceptors (Lipinski definition) is 4. The van der Waals surface area contributed by atoms with Crippen LogP contribution in [0.4, 0.5) is 5.69 Å². The van der Waals surface area contributed by atoms with Gasteiger partial charge in [0.25, 0.3) is 5.91 Å². The molecule has 0 spiro atoms. The third-order valence-electron chi connectivity index (χ3n) is 5.64. The summed E-state index contributed by atoms with van der Waals surface area (Å²) in [6, 6.07) is 12.4. The molecule has 1 fully saturated rings. The molecule has 30 heavy (non-hydrogen) atoms. The number of hydrogen-bond donors (Lipinski definition) is 0. The molecule has 0 aromatic heterocycles. The van der Waals surface area contributed by atoms with Gasteiger partial charge in [0.2, 0.25) is 10.0 Å². The van der Waals surface area contributed by atoms with Crippen LogP contribution in [0.1, 0.15) is 31.7 Å².